The van der Waals surface area contributed by atoms with E-state index in [-0.39, 0.29) is 11.9 Å². The van der Waals surface area contributed by atoms with Crippen molar-refractivity contribution < 1.29 is 27.9 Å². The number of hydrogen-bond donors (Lipinski definition) is 2. The zero-order valence-electron chi connectivity index (χ0n) is 22.4. The van der Waals surface area contributed by atoms with Gasteiger partial charge in [0.1, 0.15) is 5.69 Å². The van der Waals surface area contributed by atoms with Crippen LogP contribution in [0.4, 0.5) is 13.2 Å². The topological polar surface area (TPSA) is 105 Å². The van der Waals surface area contributed by atoms with E-state index in [2.05, 4.69) is 64.6 Å². The molecule has 3 aromatic heterocycles. The van der Waals surface area contributed by atoms with Gasteiger partial charge in [0.05, 0.1) is 16.6 Å². The number of carboxylic acid groups (broad SMARTS) is 1. The highest BCUT2D eigenvalue weighted by atomic mass is 19.4. The van der Waals surface area contributed by atoms with Gasteiger partial charge in [-0.3, -0.25) is 9.36 Å². The first kappa shape index (κ1) is 29.6. The Kier molecular flexibility index (Phi) is 9.68. The van der Waals surface area contributed by atoms with Gasteiger partial charge in [0, 0.05) is 30.4 Å². The number of carbonyl (C=O) groups excluding carboxylic acids is 1. The van der Waals surface area contributed by atoms with Crippen molar-refractivity contribution in [1.29, 1.82) is 0 Å². The minimum Gasteiger partial charge on any atom is -0.475 e. The van der Waals surface area contributed by atoms with Gasteiger partial charge >= 0.3 is 12.1 Å². The van der Waals surface area contributed by atoms with Crippen molar-refractivity contribution in [3.8, 4) is 5.95 Å². The predicted octanol–water partition coefficient (Wildman–Crippen LogP) is 5.05. The van der Waals surface area contributed by atoms with Crippen LogP contribution in [0.2, 0.25) is 0 Å². The fourth-order valence-corrected chi connectivity index (χ4v) is 4.43. The van der Waals surface area contributed by atoms with Crippen molar-refractivity contribution in [2.45, 2.75) is 46.3 Å². The summed E-state index contributed by atoms with van der Waals surface area (Å²) in [5, 5.41) is 11.3. The summed E-state index contributed by atoms with van der Waals surface area (Å²) in [6.45, 7) is 12.3. The second-order valence-electron chi connectivity index (χ2n) is 9.07. The number of nitrogens with one attached hydrogen (secondary N) is 1. The van der Waals surface area contributed by atoms with Crippen LogP contribution >= 0.6 is 0 Å². The molecule has 1 aromatic carbocycles. The zero-order chi connectivity index (χ0) is 28.7. The Hall–Kier alpha value is -3.93. The lowest BCUT2D eigenvalue weighted by atomic mass is 10.2. The van der Waals surface area contributed by atoms with Crippen LogP contribution in [-0.2, 0) is 4.79 Å². The molecule has 210 valence electrons. The highest BCUT2D eigenvalue weighted by Crippen LogP contribution is 2.35. The Labute approximate surface area is 224 Å². The monoisotopic (exact) mass is 546 g/mol. The van der Waals surface area contributed by atoms with Gasteiger partial charge < -0.3 is 19.9 Å². The van der Waals surface area contributed by atoms with Crippen LogP contribution in [0.1, 0.15) is 50.6 Å². The number of carbonyl (C=O) groups is 2. The molecule has 1 amide bonds. The van der Waals surface area contributed by atoms with Crippen molar-refractivity contribution >= 4 is 33.8 Å². The molecule has 3 heterocycles. The maximum absolute atomic E-state index is 13.3. The van der Waals surface area contributed by atoms with E-state index in [9.17, 15) is 18.0 Å². The summed E-state index contributed by atoms with van der Waals surface area (Å²) in [5.74, 6) is -2.36. The first-order valence-corrected chi connectivity index (χ1v) is 12.7. The Morgan fingerprint density at radius 1 is 1.05 bits per heavy atom. The third-order valence-corrected chi connectivity index (χ3v) is 6.23. The SMILES string of the molecule is CCN(CC)CCCNC(=O)c1cc2c(c3ccccc3n2C(C)C)n1-c1ncccn1.O=C(O)C(F)(F)F. The van der Waals surface area contributed by atoms with E-state index >= 15 is 0 Å². The molecular weight excluding hydrogens is 513 g/mol. The number of aromatic nitrogens is 4. The summed E-state index contributed by atoms with van der Waals surface area (Å²) in [4.78, 5) is 33.5. The number of nitrogens with zero attached hydrogens (tertiary/aromatic N) is 5. The Morgan fingerprint density at radius 2 is 1.67 bits per heavy atom. The Bertz CT molecular complexity index is 1410. The number of aliphatic carboxylic acids is 1. The molecule has 0 spiro atoms. The molecule has 0 unspecified atom stereocenters. The molecule has 0 aliphatic heterocycles. The number of fused-ring (bicyclic) bond motifs is 3. The van der Waals surface area contributed by atoms with Crippen LogP contribution in [0.25, 0.3) is 27.9 Å². The van der Waals surface area contributed by atoms with Crippen molar-refractivity contribution in [2.24, 2.45) is 0 Å². The summed E-state index contributed by atoms with van der Waals surface area (Å²) in [7, 11) is 0. The van der Waals surface area contributed by atoms with E-state index in [1.165, 1.54) is 0 Å². The number of hydrogen-bond acceptors (Lipinski definition) is 5. The van der Waals surface area contributed by atoms with Crippen LogP contribution < -0.4 is 5.32 Å². The number of rotatable bonds is 9. The molecule has 0 aliphatic rings. The van der Waals surface area contributed by atoms with E-state index in [4.69, 9.17) is 9.90 Å². The van der Waals surface area contributed by atoms with Crippen molar-refractivity contribution in [1.82, 2.24) is 29.3 Å². The first-order chi connectivity index (χ1) is 18.5. The number of para-hydroxylation sites is 1. The lowest BCUT2D eigenvalue weighted by Crippen LogP contribution is -2.31. The van der Waals surface area contributed by atoms with Gasteiger partial charge in [-0.25, -0.2) is 14.8 Å². The second-order valence-corrected chi connectivity index (χ2v) is 9.07. The third-order valence-electron chi connectivity index (χ3n) is 6.23. The van der Waals surface area contributed by atoms with E-state index in [1.54, 1.807) is 18.5 Å². The predicted molar refractivity (Wildman–Crippen MR) is 143 cm³/mol. The van der Waals surface area contributed by atoms with Gasteiger partial charge in [-0.05, 0) is 58.1 Å². The van der Waals surface area contributed by atoms with Crippen molar-refractivity contribution in [2.75, 3.05) is 26.2 Å². The number of halogens is 3. The standard InChI is InChI=1S/C25H32N6O.C2HF3O2/c1-5-29(6-2)16-10-15-26-24(32)22-17-21-23(31(22)25-27-13-9-14-28-25)19-11-7-8-12-20(19)30(21)18(3)4;3-2(4,5)1(6)7/h7-9,11-14,17-18H,5-6,10,15-16H2,1-4H3,(H,26,32);(H,6,7). The molecule has 39 heavy (non-hydrogen) atoms. The van der Waals surface area contributed by atoms with Gasteiger partial charge in [0.2, 0.25) is 5.95 Å². The fourth-order valence-electron chi connectivity index (χ4n) is 4.43. The molecule has 2 N–H and O–H groups in total. The molecular formula is C27H33F3N6O3. The van der Waals surface area contributed by atoms with Gasteiger partial charge in [-0.1, -0.05) is 32.0 Å². The van der Waals surface area contributed by atoms with Crippen LogP contribution in [0.5, 0.6) is 0 Å². The molecule has 12 heteroatoms. The summed E-state index contributed by atoms with van der Waals surface area (Å²) < 4.78 is 35.9. The average molecular weight is 547 g/mol. The van der Waals surface area contributed by atoms with Gasteiger partial charge in [0.15, 0.2) is 0 Å². The summed E-state index contributed by atoms with van der Waals surface area (Å²) >= 11 is 0. The zero-order valence-corrected chi connectivity index (χ0v) is 22.4. The summed E-state index contributed by atoms with van der Waals surface area (Å²) in [5.41, 5.74) is 3.68. The molecule has 4 aromatic rings. The number of benzene rings is 1. The largest absolute Gasteiger partial charge is 0.490 e. The van der Waals surface area contributed by atoms with E-state index in [0.717, 1.165) is 48.0 Å². The van der Waals surface area contributed by atoms with Gasteiger partial charge in [-0.2, -0.15) is 13.2 Å². The van der Waals surface area contributed by atoms with E-state index in [1.807, 2.05) is 22.8 Å². The normalized spacial score (nSPS) is 11.7. The molecule has 0 saturated carbocycles. The maximum atomic E-state index is 13.3. The lowest BCUT2D eigenvalue weighted by Gasteiger charge is -2.17. The van der Waals surface area contributed by atoms with Crippen LogP contribution in [0.3, 0.4) is 0 Å². The van der Waals surface area contributed by atoms with Crippen molar-refractivity contribution in [3.63, 3.8) is 0 Å². The molecule has 0 atom stereocenters. The lowest BCUT2D eigenvalue weighted by molar-refractivity contribution is -0.192. The van der Waals surface area contributed by atoms with Crippen LogP contribution in [0.15, 0.2) is 48.8 Å². The minimum atomic E-state index is -5.08. The molecule has 0 saturated heterocycles. The molecule has 9 nitrogen and oxygen atoms in total. The number of carboxylic acids is 1. The molecule has 0 fully saturated rings. The van der Waals surface area contributed by atoms with Gasteiger partial charge in [-0.15, -0.1) is 0 Å². The van der Waals surface area contributed by atoms with E-state index in [0.29, 0.717) is 18.2 Å². The summed E-state index contributed by atoms with van der Waals surface area (Å²) in [6.07, 6.45) is -0.750. The Balaban J connectivity index is 0.000000532. The maximum Gasteiger partial charge on any atom is 0.490 e. The highest BCUT2D eigenvalue weighted by molar-refractivity contribution is 6.11. The molecule has 0 radical (unpaired) electrons. The number of amides is 1. The Morgan fingerprint density at radius 3 is 2.23 bits per heavy atom. The number of alkyl halides is 3. The smallest absolute Gasteiger partial charge is 0.475 e. The molecule has 0 aliphatic carbocycles. The molecule has 4 rings (SSSR count). The average Bonchev–Trinajstić information content (AvgIpc) is 3.44. The first-order valence-electron chi connectivity index (χ1n) is 12.7. The summed E-state index contributed by atoms with van der Waals surface area (Å²) in [6, 6.07) is 12.3. The minimum absolute atomic E-state index is 0.104. The third kappa shape index (κ3) is 6.75. The van der Waals surface area contributed by atoms with Crippen LogP contribution in [-0.4, -0.2) is 73.3 Å². The van der Waals surface area contributed by atoms with Gasteiger partial charge in [0.25, 0.3) is 5.91 Å². The quantitative estimate of drug-likeness (QED) is 0.285. The van der Waals surface area contributed by atoms with Crippen molar-refractivity contribution in [3.05, 3.63) is 54.5 Å². The fraction of sp³-hybridized carbons (Fsp3) is 0.407. The molecule has 0 bridgehead atoms. The van der Waals surface area contributed by atoms with E-state index < -0.39 is 12.1 Å². The van der Waals surface area contributed by atoms with Crippen LogP contribution in [0, 0.1) is 0 Å². The highest BCUT2D eigenvalue weighted by Gasteiger charge is 2.38. The second kappa shape index (κ2) is 12.7.